The quantitative estimate of drug-likeness (QED) is 0.614. The summed E-state index contributed by atoms with van der Waals surface area (Å²) in [6, 6.07) is -0.397. The molecule has 0 heterocycles. The van der Waals surface area contributed by atoms with E-state index in [4.69, 9.17) is 5.11 Å². The number of likely N-dealkylation sites (N-methyl/N-ethyl adjacent to an activating group) is 1. The lowest BCUT2D eigenvalue weighted by Crippen LogP contribution is -2.43. The molecule has 0 saturated carbocycles. The van der Waals surface area contributed by atoms with Crippen LogP contribution < -0.4 is 5.32 Å². The van der Waals surface area contributed by atoms with E-state index in [2.05, 4.69) is 11.9 Å². The molecule has 15 heavy (non-hydrogen) atoms. The zero-order valence-electron chi connectivity index (χ0n) is 9.41. The smallest absolute Gasteiger partial charge is 0.332 e. The van der Waals surface area contributed by atoms with E-state index in [0.717, 1.165) is 0 Å². The monoisotopic (exact) mass is 214 g/mol. The highest BCUT2D eigenvalue weighted by Crippen LogP contribution is 1.93. The SMILES string of the molecule is C=C(CNC(C)C(=O)N(C)CC)C(=O)O. The van der Waals surface area contributed by atoms with E-state index in [1.54, 1.807) is 18.9 Å². The van der Waals surface area contributed by atoms with Crippen LogP contribution in [-0.4, -0.2) is 48.1 Å². The molecule has 0 aliphatic carbocycles. The third kappa shape index (κ3) is 4.60. The van der Waals surface area contributed by atoms with Gasteiger partial charge >= 0.3 is 5.97 Å². The molecular formula is C10H18N2O3. The molecule has 0 saturated heterocycles. The Kier molecular flexibility index (Phi) is 5.62. The summed E-state index contributed by atoms with van der Waals surface area (Å²) >= 11 is 0. The van der Waals surface area contributed by atoms with Crippen LogP contribution in [0.5, 0.6) is 0 Å². The molecule has 2 N–H and O–H groups in total. The van der Waals surface area contributed by atoms with Crippen LogP contribution in [-0.2, 0) is 9.59 Å². The van der Waals surface area contributed by atoms with Crippen LogP contribution in [0.4, 0.5) is 0 Å². The Morgan fingerprint density at radius 3 is 2.47 bits per heavy atom. The molecule has 0 rings (SSSR count). The van der Waals surface area contributed by atoms with Crippen molar-refractivity contribution in [3.8, 4) is 0 Å². The second-order valence-electron chi connectivity index (χ2n) is 3.36. The fourth-order valence-corrected chi connectivity index (χ4v) is 0.926. The molecule has 0 aromatic heterocycles. The first-order valence-electron chi connectivity index (χ1n) is 4.79. The zero-order chi connectivity index (χ0) is 12.0. The number of nitrogens with zero attached hydrogens (tertiary/aromatic N) is 1. The van der Waals surface area contributed by atoms with Crippen molar-refractivity contribution in [3.05, 3.63) is 12.2 Å². The topological polar surface area (TPSA) is 69.6 Å². The van der Waals surface area contributed by atoms with Crippen molar-refractivity contribution in [2.24, 2.45) is 0 Å². The molecule has 5 nitrogen and oxygen atoms in total. The predicted molar refractivity (Wildman–Crippen MR) is 57.6 cm³/mol. The van der Waals surface area contributed by atoms with E-state index < -0.39 is 12.0 Å². The van der Waals surface area contributed by atoms with Gasteiger partial charge in [0, 0.05) is 25.7 Å². The molecule has 0 aromatic carbocycles. The van der Waals surface area contributed by atoms with Crippen LogP contribution >= 0.6 is 0 Å². The molecule has 5 heteroatoms. The Labute approximate surface area is 89.8 Å². The first-order valence-corrected chi connectivity index (χ1v) is 4.79. The Bertz CT molecular complexity index is 263. The van der Waals surface area contributed by atoms with Crippen molar-refractivity contribution in [2.75, 3.05) is 20.1 Å². The summed E-state index contributed by atoms with van der Waals surface area (Å²) in [6.45, 7) is 7.68. The van der Waals surface area contributed by atoms with Gasteiger partial charge in [0.2, 0.25) is 5.91 Å². The minimum atomic E-state index is -1.05. The number of rotatable bonds is 6. The number of carbonyl (C=O) groups excluding carboxylic acids is 1. The fraction of sp³-hybridized carbons (Fsp3) is 0.600. The van der Waals surface area contributed by atoms with Gasteiger partial charge in [-0.2, -0.15) is 0 Å². The largest absolute Gasteiger partial charge is 0.478 e. The maximum absolute atomic E-state index is 11.5. The number of hydrogen-bond donors (Lipinski definition) is 2. The second-order valence-corrected chi connectivity index (χ2v) is 3.36. The summed E-state index contributed by atoms with van der Waals surface area (Å²) in [4.78, 5) is 23.6. The first-order chi connectivity index (χ1) is 6.90. The van der Waals surface area contributed by atoms with E-state index in [0.29, 0.717) is 6.54 Å². The third-order valence-electron chi connectivity index (χ3n) is 2.15. The molecule has 0 aromatic rings. The summed E-state index contributed by atoms with van der Waals surface area (Å²) in [6.07, 6.45) is 0. The molecule has 1 amide bonds. The lowest BCUT2D eigenvalue weighted by Gasteiger charge is -2.20. The van der Waals surface area contributed by atoms with Crippen LogP contribution in [0.3, 0.4) is 0 Å². The maximum Gasteiger partial charge on any atom is 0.332 e. The number of amides is 1. The van der Waals surface area contributed by atoms with Crippen LogP contribution in [0.2, 0.25) is 0 Å². The van der Waals surface area contributed by atoms with E-state index in [9.17, 15) is 9.59 Å². The highest BCUT2D eigenvalue weighted by Gasteiger charge is 2.16. The maximum atomic E-state index is 11.5. The average Bonchev–Trinajstić information content (AvgIpc) is 2.22. The number of carboxylic acid groups (broad SMARTS) is 1. The van der Waals surface area contributed by atoms with E-state index >= 15 is 0 Å². The Morgan fingerprint density at radius 1 is 1.53 bits per heavy atom. The number of carboxylic acids is 1. The van der Waals surface area contributed by atoms with Gasteiger partial charge in [0.15, 0.2) is 0 Å². The zero-order valence-corrected chi connectivity index (χ0v) is 9.41. The van der Waals surface area contributed by atoms with Crippen LogP contribution in [0.15, 0.2) is 12.2 Å². The van der Waals surface area contributed by atoms with E-state index in [1.165, 1.54) is 0 Å². The first kappa shape index (κ1) is 13.6. The molecule has 0 aliphatic rings. The van der Waals surface area contributed by atoms with Crippen molar-refractivity contribution in [2.45, 2.75) is 19.9 Å². The number of nitrogens with one attached hydrogen (secondary N) is 1. The van der Waals surface area contributed by atoms with Crippen molar-refractivity contribution in [1.82, 2.24) is 10.2 Å². The lowest BCUT2D eigenvalue weighted by atomic mass is 10.2. The average molecular weight is 214 g/mol. The Morgan fingerprint density at radius 2 is 2.07 bits per heavy atom. The number of aliphatic carboxylic acids is 1. The van der Waals surface area contributed by atoms with Gasteiger partial charge in [-0.05, 0) is 13.8 Å². The van der Waals surface area contributed by atoms with Crippen molar-refractivity contribution >= 4 is 11.9 Å². The molecule has 1 atom stereocenters. The van der Waals surface area contributed by atoms with Gasteiger partial charge in [0.25, 0.3) is 0 Å². The second kappa shape index (κ2) is 6.19. The lowest BCUT2D eigenvalue weighted by molar-refractivity contribution is -0.133. The number of carbonyl (C=O) groups is 2. The molecule has 1 unspecified atom stereocenters. The van der Waals surface area contributed by atoms with Gasteiger partial charge in [-0.3, -0.25) is 4.79 Å². The summed E-state index contributed by atoms with van der Waals surface area (Å²) in [7, 11) is 1.70. The van der Waals surface area contributed by atoms with Gasteiger partial charge in [-0.25, -0.2) is 4.79 Å². The van der Waals surface area contributed by atoms with Gasteiger partial charge in [0.05, 0.1) is 6.04 Å². The summed E-state index contributed by atoms with van der Waals surface area (Å²) in [5.74, 6) is -1.11. The van der Waals surface area contributed by atoms with Crippen molar-refractivity contribution in [3.63, 3.8) is 0 Å². The normalized spacial score (nSPS) is 11.9. The summed E-state index contributed by atoms with van der Waals surface area (Å²) in [5.41, 5.74) is 0.0498. The molecule has 0 radical (unpaired) electrons. The van der Waals surface area contributed by atoms with Crippen molar-refractivity contribution in [1.29, 1.82) is 0 Å². The summed E-state index contributed by atoms with van der Waals surface area (Å²) < 4.78 is 0. The summed E-state index contributed by atoms with van der Waals surface area (Å²) in [5, 5.41) is 11.4. The Hall–Kier alpha value is -1.36. The van der Waals surface area contributed by atoms with Gasteiger partial charge in [-0.1, -0.05) is 6.58 Å². The van der Waals surface area contributed by atoms with Gasteiger partial charge in [-0.15, -0.1) is 0 Å². The highest BCUT2D eigenvalue weighted by molar-refractivity contribution is 5.86. The Balaban J connectivity index is 4.04. The standard InChI is InChI=1S/C10H18N2O3/c1-5-12(4)9(13)8(3)11-6-7(2)10(14)15/h8,11H,2,5-6H2,1,3-4H3,(H,14,15). The molecule has 0 bridgehead atoms. The molecule has 86 valence electrons. The molecule has 0 fully saturated rings. The third-order valence-corrected chi connectivity index (χ3v) is 2.15. The van der Waals surface area contributed by atoms with Crippen molar-refractivity contribution < 1.29 is 14.7 Å². The predicted octanol–water partition coefficient (Wildman–Crippen LogP) is 0.0836. The van der Waals surface area contributed by atoms with E-state index in [-0.39, 0.29) is 18.0 Å². The fourth-order valence-electron chi connectivity index (χ4n) is 0.926. The van der Waals surface area contributed by atoms with Crippen LogP contribution in [0.1, 0.15) is 13.8 Å². The molecule has 0 aliphatic heterocycles. The minimum absolute atomic E-state index is 0.0498. The van der Waals surface area contributed by atoms with Gasteiger partial charge in [0.1, 0.15) is 0 Å². The minimum Gasteiger partial charge on any atom is -0.478 e. The van der Waals surface area contributed by atoms with Crippen LogP contribution in [0.25, 0.3) is 0 Å². The molecular weight excluding hydrogens is 196 g/mol. The number of hydrogen-bond acceptors (Lipinski definition) is 3. The van der Waals surface area contributed by atoms with E-state index in [1.807, 2.05) is 6.92 Å². The molecule has 0 spiro atoms. The van der Waals surface area contributed by atoms with Gasteiger partial charge < -0.3 is 15.3 Å². The van der Waals surface area contributed by atoms with Crippen LogP contribution in [0, 0.1) is 0 Å². The highest BCUT2D eigenvalue weighted by atomic mass is 16.4.